The summed E-state index contributed by atoms with van der Waals surface area (Å²) in [7, 11) is 3.66. The molecule has 1 aromatic carbocycles. The highest BCUT2D eigenvalue weighted by Gasteiger charge is 2.08. The lowest BCUT2D eigenvalue weighted by molar-refractivity contribution is -0.130. The second-order valence-corrected chi connectivity index (χ2v) is 4.35. The number of hydrogen-bond acceptors (Lipinski definition) is 3. The molecule has 19 heavy (non-hydrogen) atoms. The molecular formula is C15H22N2O2. The number of nitrogens with zero attached hydrogens (tertiary/aromatic N) is 1. The number of rotatable bonds is 8. The molecule has 0 bridgehead atoms. The molecule has 0 unspecified atom stereocenters. The van der Waals surface area contributed by atoms with Gasteiger partial charge in [0.25, 0.3) is 0 Å². The van der Waals surface area contributed by atoms with Gasteiger partial charge < -0.3 is 15.0 Å². The lowest BCUT2D eigenvalue weighted by Crippen LogP contribution is -2.28. The third kappa shape index (κ3) is 5.57. The summed E-state index contributed by atoms with van der Waals surface area (Å²) in [4.78, 5) is 13.5. The van der Waals surface area contributed by atoms with Crippen LogP contribution in [-0.4, -0.2) is 38.1 Å². The fourth-order valence-corrected chi connectivity index (χ4v) is 1.63. The maximum atomic E-state index is 11.8. The van der Waals surface area contributed by atoms with Gasteiger partial charge in [0.05, 0.1) is 0 Å². The zero-order valence-electron chi connectivity index (χ0n) is 11.7. The number of ether oxygens (including phenoxy) is 1. The van der Waals surface area contributed by atoms with Crippen molar-refractivity contribution in [3.8, 4) is 5.75 Å². The van der Waals surface area contributed by atoms with Crippen LogP contribution in [0.5, 0.6) is 5.75 Å². The largest absolute Gasteiger partial charge is 0.490 e. The van der Waals surface area contributed by atoms with Crippen molar-refractivity contribution in [3.05, 3.63) is 42.5 Å². The molecular weight excluding hydrogens is 240 g/mol. The Bertz CT molecular complexity index is 401. The molecule has 0 heterocycles. The van der Waals surface area contributed by atoms with Crippen molar-refractivity contribution in [2.45, 2.75) is 13.0 Å². The van der Waals surface area contributed by atoms with E-state index >= 15 is 0 Å². The Kier molecular flexibility index (Phi) is 6.68. The van der Waals surface area contributed by atoms with Crippen LogP contribution in [0.4, 0.5) is 0 Å². The summed E-state index contributed by atoms with van der Waals surface area (Å²) >= 11 is 0. The van der Waals surface area contributed by atoms with Gasteiger partial charge >= 0.3 is 0 Å². The van der Waals surface area contributed by atoms with E-state index in [-0.39, 0.29) is 5.91 Å². The Hall–Kier alpha value is -1.81. The van der Waals surface area contributed by atoms with Crippen molar-refractivity contribution in [3.63, 3.8) is 0 Å². The van der Waals surface area contributed by atoms with E-state index in [0.29, 0.717) is 26.1 Å². The number of hydrogen-bond donors (Lipinski definition) is 1. The topological polar surface area (TPSA) is 41.6 Å². The van der Waals surface area contributed by atoms with E-state index in [4.69, 9.17) is 4.74 Å². The van der Waals surface area contributed by atoms with Crippen LogP contribution in [0.2, 0.25) is 0 Å². The summed E-state index contributed by atoms with van der Waals surface area (Å²) in [6, 6.07) is 7.76. The standard InChI is InChI=1S/C15H22N2O2/c1-4-11-19-14-7-5-13(6-8-14)12-17(3)15(18)9-10-16-2/h4-8,16H,1,9-12H2,2-3H3. The first-order chi connectivity index (χ1) is 9.17. The van der Waals surface area contributed by atoms with Crippen molar-refractivity contribution in [1.29, 1.82) is 0 Å². The van der Waals surface area contributed by atoms with Crippen LogP contribution in [-0.2, 0) is 11.3 Å². The Morgan fingerprint density at radius 3 is 2.68 bits per heavy atom. The Morgan fingerprint density at radius 1 is 1.42 bits per heavy atom. The zero-order chi connectivity index (χ0) is 14.1. The molecule has 0 aliphatic carbocycles. The lowest BCUT2D eigenvalue weighted by Gasteiger charge is -2.17. The Balaban J connectivity index is 2.47. The first-order valence-electron chi connectivity index (χ1n) is 6.38. The van der Waals surface area contributed by atoms with E-state index in [1.54, 1.807) is 11.0 Å². The second-order valence-electron chi connectivity index (χ2n) is 4.35. The second kappa shape index (κ2) is 8.32. The first-order valence-corrected chi connectivity index (χ1v) is 6.38. The average Bonchev–Trinajstić information content (AvgIpc) is 2.43. The van der Waals surface area contributed by atoms with E-state index in [1.807, 2.05) is 38.4 Å². The third-order valence-electron chi connectivity index (χ3n) is 2.73. The smallest absolute Gasteiger partial charge is 0.223 e. The molecule has 1 N–H and O–H groups in total. The number of carbonyl (C=O) groups excluding carboxylic acids is 1. The van der Waals surface area contributed by atoms with Crippen LogP contribution in [0.25, 0.3) is 0 Å². The average molecular weight is 262 g/mol. The van der Waals surface area contributed by atoms with Gasteiger partial charge in [0.2, 0.25) is 5.91 Å². The molecule has 0 aromatic heterocycles. The van der Waals surface area contributed by atoms with Crippen molar-refractivity contribution in [1.82, 2.24) is 10.2 Å². The monoisotopic (exact) mass is 262 g/mol. The van der Waals surface area contributed by atoms with Crippen LogP contribution in [0.3, 0.4) is 0 Å². The zero-order valence-corrected chi connectivity index (χ0v) is 11.7. The number of benzene rings is 1. The van der Waals surface area contributed by atoms with Gasteiger partial charge in [-0.05, 0) is 24.7 Å². The molecule has 1 rings (SSSR count). The van der Waals surface area contributed by atoms with Crippen LogP contribution >= 0.6 is 0 Å². The van der Waals surface area contributed by atoms with Crippen LogP contribution in [0.15, 0.2) is 36.9 Å². The van der Waals surface area contributed by atoms with Crippen molar-refractivity contribution >= 4 is 5.91 Å². The molecule has 0 aliphatic rings. The van der Waals surface area contributed by atoms with Gasteiger partial charge in [-0.3, -0.25) is 4.79 Å². The minimum atomic E-state index is 0.140. The van der Waals surface area contributed by atoms with Gasteiger partial charge in [-0.1, -0.05) is 24.8 Å². The van der Waals surface area contributed by atoms with Gasteiger partial charge in [-0.25, -0.2) is 0 Å². The van der Waals surface area contributed by atoms with Crippen LogP contribution in [0.1, 0.15) is 12.0 Å². The first kappa shape index (κ1) is 15.2. The van der Waals surface area contributed by atoms with E-state index in [2.05, 4.69) is 11.9 Å². The van der Waals surface area contributed by atoms with Gasteiger partial charge in [-0.15, -0.1) is 0 Å². The van der Waals surface area contributed by atoms with Gasteiger partial charge in [0, 0.05) is 26.6 Å². The van der Waals surface area contributed by atoms with E-state index in [0.717, 1.165) is 11.3 Å². The van der Waals surface area contributed by atoms with Gasteiger partial charge in [0.1, 0.15) is 12.4 Å². The van der Waals surface area contributed by atoms with E-state index < -0.39 is 0 Å². The summed E-state index contributed by atoms with van der Waals surface area (Å²) in [5.41, 5.74) is 1.09. The SMILES string of the molecule is C=CCOc1ccc(CN(C)C(=O)CCNC)cc1. The summed E-state index contributed by atoms with van der Waals surface area (Å²) in [5, 5.41) is 2.97. The third-order valence-corrected chi connectivity index (χ3v) is 2.73. The molecule has 4 heteroatoms. The Morgan fingerprint density at radius 2 is 2.11 bits per heavy atom. The number of carbonyl (C=O) groups is 1. The minimum Gasteiger partial charge on any atom is -0.490 e. The minimum absolute atomic E-state index is 0.140. The molecule has 104 valence electrons. The quantitative estimate of drug-likeness (QED) is 0.727. The highest BCUT2D eigenvalue weighted by molar-refractivity contribution is 5.76. The molecule has 0 spiro atoms. The fourth-order valence-electron chi connectivity index (χ4n) is 1.63. The maximum Gasteiger partial charge on any atom is 0.223 e. The van der Waals surface area contributed by atoms with Crippen molar-refractivity contribution < 1.29 is 9.53 Å². The molecule has 4 nitrogen and oxygen atoms in total. The van der Waals surface area contributed by atoms with Crippen molar-refractivity contribution in [2.75, 3.05) is 27.2 Å². The number of amides is 1. The number of nitrogens with one attached hydrogen (secondary N) is 1. The fraction of sp³-hybridized carbons (Fsp3) is 0.400. The molecule has 0 saturated carbocycles. The molecule has 0 saturated heterocycles. The van der Waals surface area contributed by atoms with Crippen LogP contribution < -0.4 is 10.1 Å². The van der Waals surface area contributed by atoms with Gasteiger partial charge in [0.15, 0.2) is 0 Å². The normalized spacial score (nSPS) is 10.0. The van der Waals surface area contributed by atoms with E-state index in [1.165, 1.54) is 0 Å². The predicted molar refractivity (Wildman–Crippen MR) is 77.2 cm³/mol. The summed E-state index contributed by atoms with van der Waals surface area (Å²) < 4.78 is 5.41. The highest BCUT2D eigenvalue weighted by Crippen LogP contribution is 2.13. The summed E-state index contributed by atoms with van der Waals surface area (Å²) in [6.07, 6.45) is 2.23. The van der Waals surface area contributed by atoms with Crippen LogP contribution in [0, 0.1) is 0 Å². The predicted octanol–water partition coefficient (Wildman–Crippen LogP) is 1.82. The highest BCUT2D eigenvalue weighted by atomic mass is 16.5. The molecule has 0 fully saturated rings. The Labute approximate surface area is 115 Å². The molecule has 1 aromatic rings. The summed E-state index contributed by atoms with van der Waals surface area (Å²) in [5.74, 6) is 0.953. The molecule has 0 atom stereocenters. The van der Waals surface area contributed by atoms with Crippen molar-refractivity contribution in [2.24, 2.45) is 0 Å². The lowest BCUT2D eigenvalue weighted by atomic mass is 10.2. The van der Waals surface area contributed by atoms with E-state index in [9.17, 15) is 4.79 Å². The van der Waals surface area contributed by atoms with Gasteiger partial charge in [-0.2, -0.15) is 0 Å². The molecule has 0 radical (unpaired) electrons. The summed E-state index contributed by atoms with van der Waals surface area (Å²) in [6.45, 7) is 5.43. The maximum absolute atomic E-state index is 11.8. The molecule has 0 aliphatic heterocycles. The molecule has 1 amide bonds.